The molecule has 7 heteroatoms. The van der Waals surface area contributed by atoms with Crippen LogP contribution < -0.4 is 5.32 Å². The molecular weight excluding hydrogens is 254 g/mol. The standard InChI is InChI=1S/C11H11N3O3S/c15-7-9-3-1-2-8(4-9)5-12-11-13-6-10(18-11)14(16)17/h1-4,6,15H,5,7H2,(H,12,13). The van der Waals surface area contributed by atoms with Crippen LogP contribution in [0.3, 0.4) is 0 Å². The van der Waals surface area contributed by atoms with E-state index in [9.17, 15) is 10.1 Å². The van der Waals surface area contributed by atoms with Gasteiger partial charge in [-0.05, 0) is 22.5 Å². The predicted octanol–water partition coefficient (Wildman–Crippen LogP) is 2.16. The number of aromatic nitrogens is 1. The number of hydrogen-bond acceptors (Lipinski definition) is 6. The molecular formula is C11H11N3O3S. The number of thiazole rings is 1. The average molecular weight is 265 g/mol. The van der Waals surface area contributed by atoms with Gasteiger partial charge in [0.15, 0.2) is 5.13 Å². The van der Waals surface area contributed by atoms with Crippen LogP contribution in [0.5, 0.6) is 0 Å². The van der Waals surface area contributed by atoms with Crippen LogP contribution in [0.1, 0.15) is 11.1 Å². The van der Waals surface area contributed by atoms with Crippen LogP contribution in [0.25, 0.3) is 0 Å². The lowest BCUT2D eigenvalue weighted by Gasteiger charge is -2.04. The van der Waals surface area contributed by atoms with Gasteiger partial charge in [0, 0.05) is 6.54 Å². The monoisotopic (exact) mass is 265 g/mol. The van der Waals surface area contributed by atoms with Gasteiger partial charge in [-0.1, -0.05) is 24.3 Å². The third-order valence-electron chi connectivity index (χ3n) is 2.29. The Morgan fingerprint density at radius 2 is 2.22 bits per heavy atom. The molecule has 1 aromatic carbocycles. The van der Waals surface area contributed by atoms with Crippen LogP contribution in [0.4, 0.5) is 10.1 Å². The lowest BCUT2D eigenvalue weighted by atomic mass is 10.1. The molecule has 0 spiro atoms. The van der Waals surface area contributed by atoms with E-state index in [0.29, 0.717) is 11.7 Å². The van der Waals surface area contributed by atoms with Gasteiger partial charge in [0.1, 0.15) is 6.20 Å². The Labute approximate surface area is 107 Å². The number of benzene rings is 1. The number of aliphatic hydroxyl groups is 1. The Morgan fingerprint density at radius 3 is 2.89 bits per heavy atom. The average Bonchev–Trinajstić information content (AvgIpc) is 2.85. The number of aliphatic hydroxyl groups excluding tert-OH is 1. The van der Waals surface area contributed by atoms with Crippen LogP contribution in [-0.2, 0) is 13.2 Å². The molecule has 0 unspecified atom stereocenters. The predicted molar refractivity (Wildman–Crippen MR) is 68.5 cm³/mol. The summed E-state index contributed by atoms with van der Waals surface area (Å²) >= 11 is 0.999. The highest BCUT2D eigenvalue weighted by Crippen LogP contribution is 2.25. The first-order valence-electron chi connectivity index (χ1n) is 5.22. The molecule has 1 aromatic heterocycles. The quantitative estimate of drug-likeness (QED) is 0.638. The zero-order valence-electron chi connectivity index (χ0n) is 9.37. The third-order valence-corrected chi connectivity index (χ3v) is 3.20. The van der Waals surface area contributed by atoms with Crippen molar-refractivity contribution in [3.63, 3.8) is 0 Å². The first kappa shape index (κ1) is 12.5. The van der Waals surface area contributed by atoms with Gasteiger partial charge >= 0.3 is 5.00 Å². The lowest BCUT2D eigenvalue weighted by molar-refractivity contribution is -0.380. The Hall–Kier alpha value is -1.99. The Kier molecular flexibility index (Phi) is 3.85. The van der Waals surface area contributed by atoms with Crippen molar-refractivity contribution in [1.29, 1.82) is 0 Å². The van der Waals surface area contributed by atoms with Gasteiger partial charge in [-0.15, -0.1) is 0 Å². The van der Waals surface area contributed by atoms with Crippen LogP contribution in [0.2, 0.25) is 0 Å². The second-order valence-electron chi connectivity index (χ2n) is 3.59. The van der Waals surface area contributed by atoms with Gasteiger partial charge in [0.25, 0.3) is 0 Å². The van der Waals surface area contributed by atoms with E-state index in [-0.39, 0.29) is 11.6 Å². The van der Waals surface area contributed by atoms with Crippen LogP contribution in [0.15, 0.2) is 30.5 Å². The molecule has 2 rings (SSSR count). The smallest absolute Gasteiger partial charge is 0.345 e. The highest BCUT2D eigenvalue weighted by molar-refractivity contribution is 7.18. The van der Waals surface area contributed by atoms with E-state index in [1.54, 1.807) is 0 Å². The highest BCUT2D eigenvalue weighted by Gasteiger charge is 2.10. The minimum atomic E-state index is -0.463. The van der Waals surface area contributed by atoms with E-state index >= 15 is 0 Å². The molecule has 0 amide bonds. The van der Waals surface area contributed by atoms with Crippen molar-refractivity contribution >= 4 is 21.5 Å². The molecule has 0 saturated heterocycles. The van der Waals surface area contributed by atoms with Crippen LogP contribution in [-0.4, -0.2) is 15.0 Å². The first-order chi connectivity index (χ1) is 8.69. The molecule has 94 valence electrons. The maximum atomic E-state index is 10.5. The summed E-state index contributed by atoms with van der Waals surface area (Å²) in [4.78, 5) is 13.9. The van der Waals surface area contributed by atoms with Crippen molar-refractivity contribution in [3.8, 4) is 0 Å². The van der Waals surface area contributed by atoms with Crippen molar-refractivity contribution in [1.82, 2.24) is 4.98 Å². The van der Waals surface area contributed by atoms with Gasteiger partial charge in [-0.3, -0.25) is 10.1 Å². The topological polar surface area (TPSA) is 88.3 Å². The molecule has 2 N–H and O–H groups in total. The van der Waals surface area contributed by atoms with E-state index < -0.39 is 4.92 Å². The van der Waals surface area contributed by atoms with Gasteiger partial charge in [-0.25, -0.2) is 4.98 Å². The molecule has 18 heavy (non-hydrogen) atoms. The number of nitro groups is 1. The van der Waals surface area contributed by atoms with Crippen molar-refractivity contribution in [3.05, 3.63) is 51.7 Å². The summed E-state index contributed by atoms with van der Waals surface area (Å²) in [6.45, 7) is 0.509. The molecule has 0 aliphatic carbocycles. The molecule has 0 aliphatic rings. The summed E-state index contributed by atoms with van der Waals surface area (Å²) in [6, 6.07) is 7.47. The van der Waals surface area contributed by atoms with Gasteiger partial charge in [0.05, 0.1) is 11.5 Å². The fourth-order valence-corrected chi connectivity index (χ4v) is 2.08. The van der Waals surface area contributed by atoms with Crippen molar-refractivity contribution < 1.29 is 10.0 Å². The summed E-state index contributed by atoms with van der Waals surface area (Å²) in [5, 5.41) is 23.0. The zero-order valence-corrected chi connectivity index (χ0v) is 10.2. The second-order valence-corrected chi connectivity index (χ2v) is 4.60. The van der Waals surface area contributed by atoms with Gasteiger partial charge in [0.2, 0.25) is 0 Å². The number of anilines is 1. The first-order valence-corrected chi connectivity index (χ1v) is 6.03. The summed E-state index contributed by atoms with van der Waals surface area (Å²) in [5.74, 6) is 0. The zero-order chi connectivity index (χ0) is 13.0. The molecule has 0 aliphatic heterocycles. The van der Waals surface area contributed by atoms with E-state index in [4.69, 9.17) is 5.11 Å². The minimum absolute atomic E-state index is 0.00341. The van der Waals surface area contributed by atoms with E-state index in [1.807, 2.05) is 24.3 Å². The van der Waals surface area contributed by atoms with E-state index in [0.717, 1.165) is 22.5 Å². The molecule has 0 saturated carbocycles. The number of rotatable bonds is 5. The van der Waals surface area contributed by atoms with E-state index in [2.05, 4.69) is 10.3 Å². The Bertz CT molecular complexity index is 556. The SMILES string of the molecule is O=[N+]([O-])c1cnc(NCc2cccc(CO)c2)s1. The van der Waals surface area contributed by atoms with E-state index in [1.165, 1.54) is 6.20 Å². The van der Waals surface area contributed by atoms with Crippen molar-refractivity contribution in [2.75, 3.05) is 5.32 Å². The number of nitrogens with one attached hydrogen (secondary N) is 1. The largest absolute Gasteiger partial charge is 0.392 e. The summed E-state index contributed by atoms with van der Waals surface area (Å²) < 4.78 is 0. The fraction of sp³-hybridized carbons (Fsp3) is 0.182. The summed E-state index contributed by atoms with van der Waals surface area (Å²) in [7, 11) is 0. The fourth-order valence-electron chi connectivity index (χ4n) is 1.45. The summed E-state index contributed by atoms with van der Waals surface area (Å²) in [6.07, 6.45) is 1.23. The van der Waals surface area contributed by atoms with Gasteiger partial charge in [-0.2, -0.15) is 0 Å². The molecule has 0 atom stereocenters. The summed E-state index contributed by atoms with van der Waals surface area (Å²) in [5.41, 5.74) is 1.82. The molecule has 0 fully saturated rings. The Balaban J connectivity index is 1.99. The second kappa shape index (κ2) is 5.56. The molecule has 0 radical (unpaired) electrons. The van der Waals surface area contributed by atoms with Crippen molar-refractivity contribution in [2.24, 2.45) is 0 Å². The maximum Gasteiger partial charge on any atom is 0.345 e. The van der Waals surface area contributed by atoms with Crippen LogP contribution >= 0.6 is 11.3 Å². The number of hydrogen-bond donors (Lipinski definition) is 2. The number of nitrogens with zero attached hydrogens (tertiary/aromatic N) is 2. The highest BCUT2D eigenvalue weighted by atomic mass is 32.1. The van der Waals surface area contributed by atoms with Crippen molar-refractivity contribution in [2.45, 2.75) is 13.2 Å². The van der Waals surface area contributed by atoms with Crippen LogP contribution in [0, 0.1) is 10.1 Å². The van der Waals surface area contributed by atoms with Gasteiger partial charge < -0.3 is 10.4 Å². The normalized spacial score (nSPS) is 10.3. The minimum Gasteiger partial charge on any atom is -0.392 e. The molecule has 0 bridgehead atoms. The molecule has 6 nitrogen and oxygen atoms in total. The maximum absolute atomic E-state index is 10.5. The molecule has 1 heterocycles. The third kappa shape index (κ3) is 3.02. The lowest BCUT2D eigenvalue weighted by Crippen LogP contribution is -1.99. The Morgan fingerprint density at radius 1 is 1.44 bits per heavy atom. The molecule has 2 aromatic rings.